The molecule has 1 fully saturated rings. The van der Waals surface area contributed by atoms with E-state index < -0.39 is 40.7 Å². The van der Waals surface area contributed by atoms with Gasteiger partial charge in [-0.1, -0.05) is 22.5 Å². The Morgan fingerprint density at radius 3 is 1.50 bits per heavy atom. The van der Waals surface area contributed by atoms with Crippen LogP contribution in [-0.4, -0.2) is 67.8 Å². The molecule has 11 heteroatoms. The molecule has 30 heavy (non-hydrogen) atoms. The maximum atomic E-state index is 11.7. The van der Waals surface area contributed by atoms with Gasteiger partial charge in [-0.15, -0.1) is 0 Å². The van der Waals surface area contributed by atoms with E-state index in [0.717, 1.165) is 0 Å². The lowest BCUT2D eigenvalue weighted by Gasteiger charge is -2.36. The number of benzene rings is 2. The molecule has 0 bridgehead atoms. The fourth-order valence-corrected chi connectivity index (χ4v) is 13.3. The molecule has 0 amide bonds. The van der Waals surface area contributed by atoms with Gasteiger partial charge in [0, 0.05) is 6.61 Å². The van der Waals surface area contributed by atoms with Gasteiger partial charge in [0.2, 0.25) is 0 Å². The van der Waals surface area contributed by atoms with Crippen LogP contribution in [0.3, 0.4) is 0 Å². The van der Waals surface area contributed by atoms with E-state index in [9.17, 15) is 39.6 Å². The molecule has 1 heterocycles. The second-order valence-electron chi connectivity index (χ2n) is 6.98. The van der Waals surface area contributed by atoms with Gasteiger partial charge >= 0.3 is 23.9 Å². The van der Waals surface area contributed by atoms with E-state index in [0.29, 0.717) is 29.4 Å². The molecule has 0 saturated carbocycles. The average molecular weight is 447 g/mol. The summed E-state index contributed by atoms with van der Waals surface area (Å²) in [6.45, 7) is 0.555. The Bertz CT molecular complexity index is 980. The summed E-state index contributed by atoms with van der Waals surface area (Å²) in [5, 5.41) is 38.9. The second-order valence-corrected chi connectivity index (χ2v) is 16.0. The molecule has 2 aromatic rings. The van der Waals surface area contributed by atoms with Gasteiger partial charge in [-0.2, -0.15) is 0 Å². The van der Waals surface area contributed by atoms with Crippen LogP contribution in [0.5, 0.6) is 0 Å². The summed E-state index contributed by atoms with van der Waals surface area (Å²) >= 11 is 0. The third-order valence-electron chi connectivity index (χ3n) is 5.31. The van der Waals surface area contributed by atoms with Crippen molar-refractivity contribution in [2.75, 3.05) is 6.61 Å². The van der Waals surface area contributed by atoms with E-state index in [2.05, 4.69) is 0 Å². The fraction of sp³-hybridized carbons (Fsp3) is 0.158. The van der Waals surface area contributed by atoms with E-state index in [1.807, 2.05) is 0 Å². The second kappa shape index (κ2) is 8.22. The smallest absolute Gasteiger partial charge is 0.336 e. The van der Waals surface area contributed by atoms with E-state index in [1.54, 1.807) is 12.1 Å². The quantitative estimate of drug-likeness (QED) is 0.450. The van der Waals surface area contributed by atoms with E-state index in [1.165, 1.54) is 24.3 Å². The third-order valence-corrected chi connectivity index (χ3v) is 15.9. The number of carboxylic acids is 4. The first-order valence-corrected chi connectivity index (χ1v) is 14.1. The Morgan fingerprint density at radius 2 is 1.17 bits per heavy atom. The van der Waals surface area contributed by atoms with E-state index >= 15 is 0 Å². The Balaban J connectivity index is 2.25. The molecular weight excluding hydrogens is 428 g/mol. The standard InChI is InChI=1S/C19H18O9Si2/c20-16(21)12-4-2-10(8-14(12)18(24)25)30(7-1-6-28-29-30)11-3-5-13(17(22)23)15(9-11)19(26)27/h2-5,8-9H,1,6-7,29H2,(H,20,21)(H,22,23)(H,24,25)(H,26,27). The summed E-state index contributed by atoms with van der Waals surface area (Å²) in [5.41, 5.74) is -1.35. The van der Waals surface area contributed by atoms with Crippen molar-refractivity contribution in [3.8, 4) is 0 Å². The largest absolute Gasteiger partial charge is 0.478 e. The van der Waals surface area contributed by atoms with Crippen LogP contribution in [0.2, 0.25) is 6.04 Å². The Morgan fingerprint density at radius 1 is 0.733 bits per heavy atom. The lowest BCUT2D eigenvalue weighted by atomic mass is 10.1. The first-order valence-electron chi connectivity index (χ1n) is 8.97. The number of hydrogen-bond donors (Lipinski definition) is 4. The molecule has 0 unspecified atom stereocenters. The molecule has 0 spiro atoms. The molecule has 4 N–H and O–H groups in total. The van der Waals surface area contributed by atoms with Gasteiger partial charge in [-0.05, 0) is 36.7 Å². The minimum Gasteiger partial charge on any atom is -0.478 e. The Labute approximate surface area is 173 Å². The van der Waals surface area contributed by atoms with Crippen LogP contribution in [0.25, 0.3) is 0 Å². The third kappa shape index (κ3) is 3.77. The molecule has 2 aromatic carbocycles. The summed E-state index contributed by atoms with van der Waals surface area (Å²) in [5.74, 6) is -5.45. The van der Waals surface area contributed by atoms with Crippen molar-refractivity contribution < 1.29 is 44.0 Å². The summed E-state index contributed by atoms with van der Waals surface area (Å²) in [6.07, 6.45) is 0.686. The lowest BCUT2D eigenvalue weighted by Crippen LogP contribution is -2.66. The van der Waals surface area contributed by atoms with Gasteiger partial charge in [-0.25, -0.2) is 19.2 Å². The zero-order valence-electron chi connectivity index (χ0n) is 15.6. The van der Waals surface area contributed by atoms with Gasteiger partial charge in [0.05, 0.1) is 22.3 Å². The molecule has 0 aliphatic carbocycles. The van der Waals surface area contributed by atoms with E-state index in [-0.39, 0.29) is 22.3 Å². The Kier molecular flexibility index (Phi) is 5.87. The predicted molar refractivity (Wildman–Crippen MR) is 110 cm³/mol. The number of hydrogen-bond acceptors (Lipinski definition) is 5. The molecule has 0 atom stereocenters. The maximum absolute atomic E-state index is 11.7. The van der Waals surface area contributed by atoms with Gasteiger partial charge in [0.15, 0.2) is 9.28 Å². The molecular formula is C19H18O9Si2. The van der Waals surface area contributed by atoms with Crippen molar-refractivity contribution in [3.05, 3.63) is 58.7 Å². The highest BCUT2D eigenvalue weighted by Crippen LogP contribution is 2.21. The van der Waals surface area contributed by atoms with Crippen molar-refractivity contribution in [1.82, 2.24) is 0 Å². The summed E-state index contributed by atoms with van der Waals surface area (Å²) in [7, 11) is -3.97. The maximum Gasteiger partial charge on any atom is 0.336 e. The van der Waals surface area contributed by atoms with Crippen LogP contribution < -0.4 is 10.4 Å². The van der Waals surface area contributed by atoms with E-state index in [4.69, 9.17) is 4.43 Å². The van der Waals surface area contributed by atoms with Crippen LogP contribution in [0, 0.1) is 0 Å². The van der Waals surface area contributed by atoms with Crippen LogP contribution in [0.1, 0.15) is 47.9 Å². The summed E-state index contributed by atoms with van der Waals surface area (Å²) in [6, 6.07) is 9.04. The first kappa shape index (κ1) is 21.4. The number of carboxylic acid groups (broad SMARTS) is 4. The monoisotopic (exact) mass is 446 g/mol. The Hall–Kier alpha value is -3.29. The fourth-order valence-electron chi connectivity index (χ4n) is 3.83. The molecule has 9 nitrogen and oxygen atoms in total. The van der Waals surface area contributed by atoms with Crippen molar-refractivity contribution in [3.63, 3.8) is 0 Å². The summed E-state index contributed by atoms with van der Waals surface area (Å²) < 4.78 is 5.82. The molecule has 0 aromatic heterocycles. The van der Waals surface area contributed by atoms with Crippen molar-refractivity contribution >= 4 is 51.1 Å². The molecule has 1 saturated heterocycles. The highest BCUT2D eigenvalue weighted by atomic mass is 29.2. The minimum atomic E-state index is -2.70. The number of aromatic carboxylic acids is 4. The lowest BCUT2D eigenvalue weighted by molar-refractivity contribution is 0.0651. The summed E-state index contributed by atoms with van der Waals surface area (Å²) in [4.78, 5) is 46.1. The normalized spacial score (nSPS) is 16.1. The van der Waals surface area contributed by atoms with Crippen molar-refractivity contribution in [2.45, 2.75) is 12.5 Å². The average Bonchev–Trinajstić information content (AvgIpc) is 2.73. The van der Waals surface area contributed by atoms with Gasteiger partial charge in [-0.3, -0.25) is 0 Å². The van der Waals surface area contributed by atoms with Gasteiger partial charge in [0.1, 0.15) is 7.59 Å². The first-order chi connectivity index (χ1) is 14.2. The van der Waals surface area contributed by atoms with Crippen molar-refractivity contribution in [2.24, 2.45) is 0 Å². The van der Waals surface area contributed by atoms with Gasteiger partial charge < -0.3 is 24.9 Å². The van der Waals surface area contributed by atoms with Crippen LogP contribution in [-0.2, 0) is 4.43 Å². The molecule has 0 radical (unpaired) electrons. The van der Waals surface area contributed by atoms with Crippen LogP contribution in [0.4, 0.5) is 0 Å². The topological polar surface area (TPSA) is 158 Å². The molecule has 156 valence electrons. The molecule has 3 rings (SSSR count). The highest BCUT2D eigenvalue weighted by molar-refractivity contribution is 7.36. The molecule has 1 aliphatic rings. The van der Waals surface area contributed by atoms with Crippen LogP contribution in [0.15, 0.2) is 36.4 Å². The predicted octanol–water partition coefficient (Wildman–Crippen LogP) is 0.0432. The van der Waals surface area contributed by atoms with Crippen molar-refractivity contribution in [1.29, 1.82) is 0 Å². The molecule has 1 aliphatic heterocycles. The minimum absolute atomic E-state index is 0.332. The zero-order chi connectivity index (χ0) is 22.1. The number of rotatable bonds is 6. The zero-order valence-corrected chi connectivity index (χ0v) is 18.0. The van der Waals surface area contributed by atoms with Gasteiger partial charge in [0.25, 0.3) is 0 Å². The number of carbonyl (C=O) groups is 4. The highest BCUT2D eigenvalue weighted by Gasteiger charge is 2.41. The van der Waals surface area contributed by atoms with Crippen LogP contribution >= 0.6 is 0 Å². The SMILES string of the molecule is O=C(O)c1ccc([Si]2(c3ccc(C(=O)O)c(C(=O)O)c3)CCCO[SiH2]2)cc1C(=O)O.